The lowest BCUT2D eigenvalue weighted by atomic mass is 10.1. The third-order valence-corrected chi connectivity index (χ3v) is 4.31. The number of carbonyl (C=O) groups is 1. The summed E-state index contributed by atoms with van der Waals surface area (Å²) in [6.45, 7) is 0. The highest BCUT2D eigenvalue weighted by molar-refractivity contribution is 5.97. The largest absolute Gasteiger partial charge is 0.502 e. The number of benzene rings is 2. The number of phenols is 2. The first kappa shape index (κ1) is 22.5. The highest BCUT2D eigenvalue weighted by Crippen LogP contribution is 2.38. The molecule has 0 aliphatic rings. The molecule has 8 nitrogen and oxygen atoms in total. The molecule has 4 N–H and O–H groups in total. The number of phenolic OH excluding ortho intramolecular Hbond substituents is 2. The van der Waals surface area contributed by atoms with Crippen LogP contribution in [0.1, 0.15) is 17.5 Å². The van der Waals surface area contributed by atoms with E-state index >= 15 is 0 Å². The van der Waals surface area contributed by atoms with Gasteiger partial charge in [0.2, 0.25) is 17.4 Å². The van der Waals surface area contributed by atoms with Crippen molar-refractivity contribution in [1.82, 2.24) is 0 Å². The number of ether oxygens (including phenoxy) is 4. The molecule has 0 spiro atoms. The van der Waals surface area contributed by atoms with Crippen molar-refractivity contribution in [3.05, 3.63) is 47.0 Å². The van der Waals surface area contributed by atoms with Gasteiger partial charge in [-0.1, -0.05) is 12.2 Å². The van der Waals surface area contributed by atoms with E-state index in [0.717, 1.165) is 0 Å². The second-order valence-corrected chi connectivity index (χ2v) is 6.19. The van der Waals surface area contributed by atoms with Crippen LogP contribution in [0.4, 0.5) is 0 Å². The summed E-state index contributed by atoms with van der Waals surface area (Å²) < 4.78 is 20.5. The molecule has 0 atom stereocenters. The Hall–Kier alpha value is -3.81. The average Bonchev–Trinajstić information content (AvgIpc) is 2.74. The maximum Gasteiger partial charge on any atom is 0.244 e. The van der Waals surface area contributed by atoms with Gasteiger partial charge in [0.1, 0.15) is 0 Å². The zero-order valence-electron chi connectivity index (χ0n) is 17.3. The molecule has 2 aromatic rings. The zero-order chi connectivity index (χ0) is 22.3. The highest BCUT2D eigenvalue weighted by atomic mass is 16.5. The van der Waals surface area contributed by atoms with Crippen LogP contribution in [0.3, 0.4) is 0 Å². The number of hydrogen-bond acceptors (Lipinski definition) is 7. The molecule has 0 aromatic heterocycles. The summed E-state index contributed by atoms with van der Waals surface area (Å²) in [4.78, 5) is 11.9. The van der Waals surface area contributed by atoms with Crippen LogP contribution in [-0.2, 0) is 4.79 Å². The van der Waals surface area contributed by atoms with E-state index in [4.69, 9.17) is 24.7 Å². The van der Waals surface area contributed by atoms with Crippen molar-refractivity contribution < 1.29 is 34.0 Å². The standard InChI is InChI=1S/C22H25NO7/c1-27-16-9-13(10-17(28-2)20(16)24)6-5-7-15(22(23)26)8-14-11-18(29-3)21(25)19(12-14)30-4/h5-6,8-12,24-25H,7H2,1-4H3,(H2,23,26)/b6-5+,15-8+. The van der Waals surface area contributed by atoms with Crippen LogP contribution in [0.5, 0.6) is 34.5 Å². The van der Waals surface area contributed by atoms with E-state index in [9.17, 15) is 15.0 Å². The van der Waals surface area contributed by atoms with E-state index in [0.29, 0.717) is 16.7 Å². The van der Waals surface area contributed by atoms with Crippen LogP contribution in [0.15, 0.2) is 35.9 Å². The SMILES string of the molecule is COc1cc(/C=C/C/C(=C\c2cc(OC)c(O)c(OC)c2)C(N)=O)cc(OC)c1O. The first-order chi connectivity index (χ1) is 14.3. The lowest BCUT2D eigenvalue weighted by molar-refractivity contribution is -0.114. The highest BCUT2D eigenvalue weighted by Gasteiger charge is 2.12. The summed E-state index contributed by atoms with van der Waals surface area (Å²) in [6, 6.07) is 6.41. The van der Waals surface area contributed by atoms with Gasteiger partial charge in [0.05, 0.1) is 28.4 Å². The average molecular weight is 415 g/mol. The molecule has 8 heteroatoms. The Kier molecular flexibility index (Phi) is 7.57. The van der Waals surface area contributed by atoms with Crippen molar-refractivity contribution in [3.8, 4) is 34.5 Å². The molecule has 0 bridgehead atoms. The minimum Gasteiger partial charge on any atom is -0.502 e. The van der Waals surface area contributed by atoms with Crippen LogP contribution in [0.2, 0.25) is 0 Å². The predicted molar refractivity (Wildman–Crippen MR) is 113 cm³/mol. The molecule has 0 saturated heterocycles. The number of rotatable bonds is 9. The van der Waals surface area contributed by atoms with E-state index in [2.05, 4.69) is 0 Å². The first-order valence-electron chi connectivity index (χ1n) is 8.91. The van der Waals surface area contributed by atoms with E-state index < -0.39 is 5.91 Å². The van der Waals surface area contributed by atoms with Gasteiger partial charge in [-0.05, 0) is 47.9 Å². The quantitative estimate of drug-likeness (QED) is 0.538. The Labute approximate surface area is 174 Å². The number of aromatic hydroxyl groups is 2. The summed E-state index contributed by atoms with van der Waals surface area (Å²) in [7, 11) is 5.71. The molecule has 0 aliphatic heterocycles. The summed E-state index contributed by atoms with van der Waals surface area (Å²) >= 11 is 0. The molecular weight excluding hydrogens is 390 g/mol. The van der Waals surface area contributed by atoms with Gasteiger partial charge < -0.3 is 34.9 Å². The number of allylic oxidation sites excluding steroid dienone is 1. The van der Waals surface area contributed by atoms with Crippen molar-refractivity contribution in [2.45, 2.75) is 6.42 Å². The van der Waals surface area contributed by atoms with Gasteiger partial charge in [-0.25, -0.2) is 0 Å². The third kappa shape index (κ3) is 5.16. The Morgan fingerprint density at radius 2 is 1.23 bits per heavy atom. The van der Waals surface area contributed by atoms with Crippen LogP contribution in [0.25, 0.3) is 12.2 Å². The molecule has 2 aromatic carbocycles. The molecular formula is C22H25NO7. The molecule has 0 fully saturated rings. The molecule has 2 rings (SSSR count). The summed E-state index contributed by atoms with van der Waals surface area (Å²) in [5.41, 5.74) is 7.14. The molecule has 0 radical (unpaired) electrons. The maximum absolute atomic E-state index is 11.9. The Bertz CT molecular complexity index is 929. The molecule has 0 aliphatic carbocycles. The van der Waals surface area contributed by atoms with Crippen molar-refractivity contribution in [2.24, 2.45) is 5.73 Å². The normalized spacial score (nSPS) is 11.4. The van der Waals surface area contributed by atoms with Crippen molar-refractivity contribution in [3.63, 3.8) is 0 Å². The number of carbonyl (C=O) groups excluding carboxylic acids is 1. The lowest BCUT2D eigenvalue weighted by Gasteiger charge is -2.10. The number of hydrogen-bond donors (Lipinski definition) is 3. The van der Waals surface area contributed by atoms with E-state index in [1.807, 2.05) is 0 Å². The van der Waals surface area contributed by atoms with Gasteiger partial charge in [-0.15, -0.1) is 0 Å². The molecule has 0 heterocycles. The third-order valence-electron chi connectivity index (χ3n) is 4.31. The van der Waals surface area contributed by atoms with Crippen LogP contribution in [0, 0.1) is 0 Å². The second kappa shape index (κ2) is 10.1. The smallest absolute Gasteiger partial charge is 0.244 e. The number of amides is 1. The molecule has 0 unspecified atom stereocenters. The first-order valence-corrected chi connectivity index (χ1v) is 8.91. The Balaban J connectivity index is 2.32. The number of methoxy groups -OCH3 is 4. The van der Waals surface area contributed by atoms with E-state index in [1.54, 1.807) is 42.5 Å². The van der Waals surface area contributed by atoms with Crippen molar-refractivity contribution in [1.29, 1.82) is 0 Å². The molecule has 30 heavy (non-hydrogen) atoms. The topological polar surface area (TPSA) is 120 Å². The van der Waals surface area contributed by atoms with Crippen LogP contribution in [-0.4, -0.2) is 44.6 Å². The van der Waals surface area contributed by atoms with Crippen molar-refractivity contribution in [2.75, 3.05) is 28.4 Å². The minimum atomic E-state index is -0.591. The molecule has 1 amide bonds. The Morgan fingerprint density at radius 3 is 1.60 bits per heavy atom. The van der Waals surface area contributed by atoms with Gasteiger partial charge in [0.15, 0.2) is 23.0 Å². The second-order valence-electron chi connectivity index (χ2n) is 6.19. The fourth-order valence-corrected chi connectivity index (χ4v) is 2.76. The molecule has 160 valence electrons. The summed E-state index contributed by atoms with van der Waals surface area (Å²) in [5.74, 6) is 0.141. The summed E-state index contributed by atoms with van der Waals surface area (Å²) in [5, 5.41) is 20.0. The zero-order valence-corrected chi connectivity index (χ0v) is 17.3. The van der Waals surface area contributed by atoms with Crippen LogP contribution < -0.4 is 24.7 Å². The summed E-state index contributed by atoms with van der Waals surface area (Å²) in [6.07, 6.45) is 5.33. The lowest BCUT2D eigenvalue weighted by Crippen LogP contribution is -2.13. The van der Waals surface area contributed by atoms with Gasteiger partial charge >= 0.3 is 0 Å². The van der Waals surface area contributed by atoms with Gasteiger partial charge in [0, 0.05) is 5.57 Å². The van der Waals surface area contributed by atoms with Gasteiger partial charge in [-0.2, -0.15) is 0 Å². The van der Waals surface area contributed by atoms with Gasteiger partial charge in [-0.3, -0.25) is 4.79 Å². The number of primary amides is 1. The maximum atomic E-state index is 11.9. The monoisotopic (exact) mass is 415 g/mol. The van der Waals surface area contributed by atoms with Crippen molar-refractivity contribution >= 4 is 18.1 Å². The predicted octanol–water partition coefficient (Wildman–Crippen LogP) is 3.10. The Morgan fingerprint density at radius 1 is 0.833 bits per heavy atom. The fraction of sp³-hybridized carbons (Fsp3) is 0.227. The van der Waals surface area contributed by atoms with E-state index in [1.165, 1.54) is 28.4 Å². The van der Waals surface area contributed by atoms with Gasteiger partial charge in [0.25, 0.3) is 0 Å². The fourth-order valence-electron chi connectivity index (χ4n) is 2.76. The number of nitrogens with two attached hydrogens (primary N) is 1. The minimum absolute atomic E-state index is 0.0925. The van der Waals surface area contributed by atoms with E-state index in [-0.39, 0.29) is 40.9 Å². The molecule has 0 saturated carbocycles. The van der Waals surface area contributed by atoms with Crippen LogP contribution >= 0.6 is 0 Å².